The molecule has 0 radical (unpaired) electrons. The second-order valence-corrected chi connectivity index (χ2v) is 6.84. The highest BCUT2D eigenvalue weighted by Gasteiger charge is 2.33. The van der Waals surface area contributed by atoms with Crippen LogP contribution in [0.15, 0.2) is 16.9 Å². The Morgan fingerprint density at radius 1 is 1.32 bits per heavy atom. The SMILES string of the molecule is Cc1ccc(=O)n(C2COCC2Nc2nnc(C3CC3)s2)n1. The van der Waals surface area contributed by atoms with Crippen LogP contribution in [-0.2, 0) is 4.74 Å². The summed E-state index contributed by atoms with van der Waals surface area (Å²) in [5, 5.41) is 18.0. The van der Waals surface area contributed by atoms with Gasteiger partial charge in [0.15, 0.2) is 0 Å². The molecule has 1 aliphatic heterocycles. The maximum absolute atomic E-state index is 12.0. The number of rotatable bonds is 4. The Balaban J connectivity index is 1.55. The molecule has 116 valence electrons. The van der Waals surface area contributed by atoms with Gasteiger partial charge in [0.05, 0.1) is 24.9 Å². The van der Waals surface area contributed by atoms with Crippen molar-refractivity contribution in [3.8, 4) is 0 Å². The van der Waals surface area contributed by atoms with Crippen LogP contribution in [-0.4, -0.2) is 39.2 Å². The van der Waals surface area contributed by atoms with Gasteiger partial charge in [-0.3, -0.25) is 4.79 Å². The molecule has 1 saturated carbocycles. The van der Waals surface area contributed by atoms with E-state index >= 15 is 0 Å². The summed E-state index contributed by atoms with van der Waals surface area (Å²) in [6.07, 6.45) is 2.43. The van der Waals surface area contributed by atoms with Crippen LogP contribution in [0.5, 0.6) is 0 Å². The van der Waals surface area contributed by atoms with E-state index in [9.17, 15) is 4.79 Å². The molecule has 22 heavy (non-hydrogen) atoms. The molecule has 2 unspecified atom stereocenters. The summed E-state index contributed by atoms with van der Waals surface area (Å²) in [5.41, 5.74) is 0.709. The molecule has 0 aromatic carbocycles. The topological polar surface area (TPSA) is 81.9 Å². The second kappa shape index (κ2) is 5.44. The minimum Gasteiger partial charge on any atom is -0.377 e. The molecule has 2 atom stereocenters. The van der Waals surface area contributed by atoms with Gasteiger partial charge in [0.2, 0.25) is 5.13 Å². The maximum atomic E-state index is 12.0. The molecule has 1 aliphatic carbocycles. The Morgan fingerprint density at radius 3 is 3.00 bits per heavy atom. The molecule has 2 aliphatic rings. The predicted octanol–water partition coefficient (Wildman–Crippen LogP) is 1.33. The summed E-state index contributed by atoms with van der Waals surface area (Å²) in [4.78, 5) is 12.0. The first-order valence-corrected chi connectivity index (χ1v) is 8.26. The van der Waals surface area contributed by atoms with Crippen molar-refractivity contribution in [3.63, 3.8) is 0 Å². The lowest BCUT2D eigenvalue weighted by atomic mass is 10.2. The number of nitrogens with zero attached hydrogens (tertiary/aromatic N) is 4. The van der Waals surface area contributed by atoms with Crippen molar-refractivity contribution in [2.45, 2.75) is 37.8 Å². The molecular formula is C14H17N5O2S. The number of aromatic nitrogens is 4. The van der Waals surface area contributed by atoms with Gasteiger partial charge in [-0.2, -0.15) is 5.10 Å². The van der Waals surface area contributed by atoms with E-state index in [1.54, 1.807) is 23.5 Å². The van der Waals surface area contributed by atoms with E-state index in [0.29, 0.717) is 19.1 Å². The third-order valence-corrected chi connectivity index (χ3v) is 5.02. The van der Waals surface area contributed by atoms with Crippen molar-refractivity contribution in [3.05, 3.63) is 33.2 Å². The lowest BCUT2D eigenvalue weighted by Gasteiger charge is -2.19. The number of aryl methyl sites for hydroxylation is 1. The van der Waals surface area contributed by atoms with Gasteiger partial charge in [-0.05, 0) is 25.8 Å². The Labute approximate surface area is 131 Å². The summed E-state index contributed by atoms with van der Waals surface area (Å²) < 4.78 is 7.07. The van der Waals surface area contributed by atoms with E-state index in [-0.39, 0.29) is 17.6 Å². The fourth-order valence-electron chi connectivity index (χ4n) is 2.63. The van der Waals surface area contributed by atoms with Crippen LogP contribution < -0.4 is 10.9 Å². The minimum absolute atomic E-state index is 0.0213. The molecule has 2 fully saturated rings. The zero-order valence-corrected chi connectivity index (χ0v) is 13.0. The Kier molecular flexibility index (Phi) is 3.42. The van der Waals surface area contributed by atoms with Crippen LogP contribution in [0.3, 0.4) is 0 Å². The smallest absolute Gasteiger partial charge is 0.267 e. The third kappa shape index (κ3) is 2.64. The van der Waals surface area contributed by atoms with E-state index in [2.05, 4.69) is 20.6 Å². The number of hydrogen-bond donors (Lipinski definition) is 1. The Hall–Kier alpha value is -1.80. The maximum Gasteiger partial charge on any atom is 0.267 e. The number of nitrogens with one attached hydrogen (secondary N) is 1. The molecule has 3 heterocycles. The Morgan fingerprint density at radius 2 is 2.18 bits per heavy atom. The molecule has 8 heteroatoms. The standard InChI is InChI=1S/C14H17N5O2S/c1-8-2-5-12(20)19(18-8)11-7-21-6-10(11)15-14-17-16-13(22-14)9-3-4-9/h2,5,9-11H,3-4,6-7H2,1H3,(H,15,17). The summed E-state index contributed by atoms with van der Waals surface area (Å²) >= 11 is 1.60. The largest absolute Gasteiger partial charge is 0.377 e. The van der Waals surface area contributed by atoms with Crippen LogP contribution >= 0.6 is 11.3 Å². The highest BCUT2D eigenvalue weighted by atomic mass is 32.1. The average molecular weight is 319 g/mol. The van der Waals surface area contributed by atoms with Gasteiger partial charge in [-0.15, -0.1) is 10.2 Å². The second-order valence-electron chi connectivity index (χ2n) is 5.83. The molecule has 7 nitrogen and oxygen atoms in total. The van der Waals surface area contributed by atoms with Crippen molar-refractivity contribution in [1.82, 2.24) is 20.0 Å². The zero-order valence-electron chi connectivity index (χ0n) is 12.2. The van der Waals surface area contributed by atoms with Gasteiger partial charge in [-0.1, -0.05) is 11.3 Å². The summed E-state index contributed by atoms with van der Waals surface area (Å²) in [6.45, 7) is 2.88. The van der Waals surface area contributed by atoms with Gasteiger partial charge >= 0.3 is 0 Å². The monoisotopic (exact) mass is 319 g/mol. The van der Waals surface area contributed by atoms with Crippen LogP contribution in [0.1, 0.15) is 35.5 Å². The van der Waals surface area contributed by atoms with Gasteiger partial charge in [0.25, 0.3) is 5.56 Å². The highest BCUT2D eigenvalue weighted by Crippen LogP contribution is 2.42. The normalized spacial score (nSPS) is 24.6. The van der Waals surface area contributed by atoms with Crippen LogP contribution in [0.2, 0.25) is 0 Å². The first-order chi connectivity index (χ1) is 10.7. The molecule has 2 aromatic rings. The van der Waals surface area contributed by atoms with Gasteiger partial charge in [0.1, 0.15) is 11.0 Å². The van der Waals surface area contributed by atoms with Crippen LogP contribution in [0.25, 0.3) is 0 Å². The summed E-state index contributed by atoms with van der Waals surface area (Å²) in [6, 6.07) is 3.13. The highest BCUT2D eigenvalue weighted by molar-refractivity contribution is 7.15. The van der Waals surface area contributed by atoms with E-state index in [4.69, 9.17) is 4.74 Å². The quantitative estimate of drug-likeness (QED) is 0.915. The summed E-state index contributed by atoms with van der Waals surface area (Å²) in [7, 11) is 0. The van der Waals surface area contributed by atoms with Crippen molar-refractivity contribution >= 4 is 16.5 Å². The van der Waals surface area contributed by atoms with Crippen molar-refractivity contribution in [2.75, 3.05) is 18.5 Å². The van der Waals surface area contributed by atoms with E-state index < -0.39 is 0 Å². The van der Waals surface area contributed by atoms with Crippen LogP contribution in [0, 0.1) is 6.92 Å². The molecule has 2 aromatic heterocycles. The number of anilines is 1. The lowest BCUT2D eigenvalue weighted by molar-refractivity contribution is 0.182. The van der Waals surface area contributed by atoms with Crippen molar-refractivity contribution < 1.29 is 4.74 Å². The predicted molar refractivity (Wildman–Crippen MR) is 82.4 cm³/mol. The number of hydrogen-bond acceptors (Lipinski definition) is 7. The first-order valence-electron chi connectivity index (χ1n) is 7.45. The molecule has 0 spiro atoms. The molecule has 1 saturated heterocycles. The first kappa shape index (κ1) is 13.8. The van der Waals surface area contributed by atoms with Crippen molar-refractivity contribution in [1.29, 1.82) is 0 Å². The molecular weight excluding hydrogens is 302 g/mol. The fraction of sp³-hybridized carbons (Fsp3) is 0.571. The van der Waals surface area contributed by atoms with Gasteiger partial charge < -0.3 is 10.1 Å². The fourth-order valence-corrected chi connectivity index (χ4v) is 3.60. The third-order valence-electron chi connectivity index (χ3n) is 4.00. The minimum atomic E-state index is -0.124. The van der Waals surface area contributed by atoms with Crippen molar-refractivity contribution in [2.24, 2.45) is 0 Å². The Bertz CT molecular complexity index is 739. The van der Waals surface area contributed by atoms with Gasteiger partial charge in [0, 0.05) is 12.0 Å². The van der Waals surface area contributed by atoms with Gasteiger partial charge in [-0.25, -0.2) is 4.68 Å². The average Bonchev–Trinajstić information content (AvgIpc) is 3.08. The lowest BCUT2D eigenvalue weighted by Crippen LogP contribution is -2.37. The zero-order chi connectivity index (χ0) is 15.1. The van der Waals surface area contributed by atoms with Crippen LogP contribution in [0.4, 0.5) is 5.13 Å². The summed E-state index contributed by atoms with van der Waals surface area (Å²) in [5.74, 6) is 0.602. The number of ether oxygens (including phenoxy) is 1. The van der Waals surface area contributed by atoms with E-state index in [1.807, 2.05) is 6.92 Å². The molecule has 1 N–H and O–H groups in total. The van der Waals surface area contributed by atoms with E-state index in [1.165, 1.54) is 17.5 Å². The molecule has 0 bridgehead atoms. The van der Waals surface area contributed by atoms with E-state index in [0.717, 1.165) is 15.8 Å². The molecule has 0 amide bonds. The molecule has 4 rings (SSSR count).